The topological polar surface area (TPSA) is 3.24 Å². The summed E-state index contributed by atoms with van der Waals surface area (Å²) in [6, 6.07) is 61.5. The number of anilines is 3. The van der Waals surface area contributed by atoms with Gasteiger partial charge in [0.1, 0.15) is 0 Å². The molecule has 0 spiro atoms. The van der Waals surface area contributed by atoms with Gasteiger partial charge in [-0.3, -0.25) is 0 Å². The van der Waals surface area contributed by atoms with E-state index in [9.17, 15) is 0 Å². The lowest BCUT2D eigenvalue weighted by molar-refractivity contribution is 1.30. The van der Waals surface area contributed by atoms with Crippen LogP contribution in [0.3, 0.4) is 0 Å². The van der Waals surface area contributed by atoms with Crippen LogP contribution < -0.4 is 4.90 Å². The summed E-state index contributed by atoms with van der Waals surface area (Å²) in [6.45, 7) is 0. The molecule has 0 bridgehead atoms. The fraction of sp³-hybridized carbons (Fsp3) is 0. The van der Waals surface area contributed by atoms with E-state index >= 15 is 0 Å². The maximum absolute atomic E-state index is 2.41. The van der Waals surface area contributed by atoms with Crippen molar-refractivity contribution in [2.24, 2.45) is 0 Å². The molecule has 0 aliphatic carbocycles. The van der Waals surface area contributed by atoms with Crippen LogP contribution in [0.15, 0.2) is 170 Å². The van der Waals surface area contributed by atoms with Crippen LogP contribution in [-0.4, -0.2) is 0 Å². The minimum atomic E-state index is 1.14. The van der Waals surface area contributed by atoms with Gasteiger partial charge in [-0.1, -0.05) is 103 Å². The molecule has 0 atom stereocenters. The second-order valence-electron chi connectivity index (χ2n) is 11.7. The van der Waals surface area contributed by atoms with E-state index in [4.69, 9.17) is 0 Å². The molecule has 2 aromatic heterocycles. The Kier molecular flexibility index (Phi) is 6.93. The molecule has 47 heavy (non-hydrogen) atoms. The van der Waals surface area contributed by atoms with Crippen LogP contribution in [0.5, 0.6) is 0 Å². The fourth-order valence-corrected chi connectivity index (χ4v) is 8.89. The van der Waals surface area contributed by atoms with E-state index in [1.165, 1.54) is 68.3 Å². The zero-order chi connectivity index (χ0) is 31.2. The van der Waals surface area contributed by atoms with Gasteiger partial charge in [0.25, 0.3) is 0 Å². The van der Waals surface area contributed by atoms with Crippen LogP contribution in [0, 0.1) is 0 Å². The summed E-state index contributed by atoms with van der Waals surface area (Å²) in [6.07, 6.45) is 2.36. The lowest BCUT2D eigenvalue weighted by Gasteiger charge is -2.26. The fourth-order valence-electron chi connectivity index (χ4n) is 6.69. The van der Waals surface area contributed by atoms with Crippen molar-refractivity contribution in [3.05, 3.63) is 187 Å². The number of nitrogens with zero attached hydrogens (tertiary/aromatic N) is 1. The van der Waals surface area contributed by atoms with Gasteiger partial charge in [-0.05, 0) is 95.1 Å². The summed E-state index contributed by atoms with van der Waals surface area (Å²) in [5, 5.41) is 5.19. The summed E-state index contributed by atoms with van der Waals surface area (Å²) in [5.74, 6) is 0. The molecule has 0 aliphatic heterocycles. The summed E-state index contributed by atoms with van der Waals surface area (Å²) in [5.41, 5.74) is 8.30. The van der Waals surface area contributed by atoms with Gasteiger partial charge in [-0.2, -0.15) is 0 Å². The van der Waals surface area contributed by atoms with Crippen molar-refractivity contribution < 1.29 is 0 Å². The van der Waals surface area contributed by atoms with Crippen molar-refractivity contribution in [2.75, 3.05) is 4.90 Å². The Morgan fingerprint density at radius 2 is 1.02 bits per heavy atom. The highest BCUT2D eigenvalue weighted by Crippen LogP contribution is 2.45. The van der Waals surface area contributed by atoms with E-state index in [1.54, 1.807) is 0 Å². The minimum absolute atomic E-state index is 1.14. The summed E-state index contributed by atoms with van der Waals surface area (Å²) in [7, 11) is 0. The molecule has 222 valence electrons. The average Bonchev–Trinajstić information content (AvgIpc) is 3.70. The Bertz CT molecular complexity index is 2520. The Labute approximate surface area is 281 Å². The normalized spacial score (nSPS) is 12.0. The van der Waals surface area contributed by atoms with Crippen molar-refractivity contribution in [3.8, 4) is 0 Å². The standard InChI is InChI=1S/C44H29NS2/c1-4-13-31(14-5-1)36(27-30-23-25-41-37(28-30)35-19-10-11-21-40(35)46-41)32-24-26-42-38(29-32)44-39(20-12-22-43(44)47-42)45(33-15-6-2-7-16-33)34-17-8-3-9-18-34/h1-29H/b36-27+. The molecular weight excluding hydrogens is 607 g/mol. The molecule has 9 aromatic rings. The van der Waals surface area contributed by atoms with Gasteiger partial charge in [0.05, 0.1) is 5.69 Å². The molecular formula is C44H29NS2. The van der Waals surface area contributed by atoms with Crippen LogP contribution >= 0.6 is 22.7 Å². The first-order valence-electron chi connectivity index (χ1n) is 15.8. The van der Waals surface area contributed by atoms with Gasteiger partial charge in [0, 0.05) is 51.7 Å². The third-order valence-electron chi connectivity index (χ3n) is 8.85. The quantitative estimate of drug-likeness (QED) is 0.164. The Morgan fingerprint density at radius 1 is 0.426 bits per heavy atom. The van der Waals surface area contributed by atoms with Gasteiger partial charge < -0.3 is 4.90 Å². The molecule has 0 N–H and O–H groups in total. The predicted molar refractivity (Wildman–Crippen MR) is 207 cm³/mol. The third-order valence-corrected chi connectivity index (χ3v) is 11.1. The van der Waals surface area contributed by atoms with E-state index in [0.29, 0.717) is 0 Å². The molecule has 2 heterocycles. The highest BCUT2D eigenvalue weighted by molar-refractivity contribution is 7.26. The van der Waals surface area contributed by atoms with E-state index in [0.717, 1.165) is 11.4 Å². The molecule has 0 saturated heterocycles. The average molecular weight is 636 g/mol. The summed E-state index contributed by atoms with van der Waals surface area (Å²) in [4.78, 5) is 2.38. The smallest absolute Gasteiger partial charge is 0.0554 e. The maximum Gasteiger partial charge on any atom is 0.0554 e. The van der Waals surface area contributed by atoms with Gasteiger partial charge in [-0.15, -0.1) is 22.7 Å². The van der Waals surface area contributed by atoms with E-state index < -0.39 is 0 Å². The minimum Gasteiger partial charge on any atom is -0.310 e. The lowest BCUT2D eigenvalue weighted by Crippen LogP contribution is -2.09. The Balaban J connectivity index is 1.26. The summed E-state index contributed by atoms with van der Waals surface area (Å²) < 4.78 is 5.23. The van der Waals surface area contributed by atoms with Gasteiger partial charge in [0.2, 0.25) is 0 Å². The number of thiophene rings is 2. The SMILES string of the molecule is C(=C(/c1ccccc1)c1ccc2sc3cccc(N(c4ccccc4)c4ccccc4)c3c2c1)/c1ccc2sc3ccccc3c2c1. The predicted octanol–water partition coefficient (Wildman–Crippen LogP) is 13.5. The monoisotopic (exact) mass is 635 g/mol. The third kappa shape index (κ3) is 5.01. The number of rotatable bonds is 6. The van der Waals surface area contributed by atoms with Crippen LogP contribution in [0.4, 0.5) is 17.1 Å². The molecule has 0 aliphatic rings. The molecule has 9 rings (SSSR count). The number of para-hydroxylation sites is 2. The summed E-state index contributed by atoms with van der Waals surface area (Å²) >= 11 is 3.72. The van der Waals surface area contributed by atoms with Crippen molar-refractivity contribution in [3.63, 3.8) is 0 Å². The van der Waals surface area contributed by atoms with E-state index in [1.807, 2.05) is 22.7 Å². The largest absolute Gasteiger partial charge is 0.310 e. The Hall–Kier alpha value is -5.48. The zero-order valence-electron chi connectivity index (χ0n) is 25.5. The van der Waals surface area contributed by atoms with Crippen molar-refractivity contribution >= 4 is 91.7 Å². The highest BCUT2D eigenvalue weighted by Gasteiger charge is 2.19. The van der Waals surface area contributed by atoms with E-state index in [2.05, 4.69) is 181 Å². The number of fused-ring (bicyclic) bond motifs is 6. The van der Waals surface area contributed by atoms with Crippen LogP contribution in [0.1, 0.15) is 16.7 Å². The number of hydrogen-bond acceptors (Lipinski definition) is 3. The number of hydrogen-bond donors (Lipinski definition) is 0. The van der Waals surface area contributed by atoms with Gasteiger partial charge >= 0.3 is 0 Å². The highest BCUT2D eigenvalue weighted by atomic mass is 32.1. The van der Waals surface area contributed by atoms with Crippen molar-refractivity contribution in [1.82, 2.24) is 0 Å². The van der Waals surface area contributed by atoms with Crippen LogP contribution in [-0.2, 0) is 0 Å². The van der Waals surface area contributed by atoms with Crippen molar-refractivity contribution in [1.29, 1.82) is 0 Å². The zero-order valence-corrected chi connectivity index (χ0v) is 27.1. The first-order chi connectivity index (χ1) is 23.3. The van der Waals surface area contributed by atoms with E-state index in [-0.39, 0.29) is 0 Å². The van der Waals surface area contributed by atoms with Crippen molar-refractivity contribution in [2.45, 2.75) is 0 Å². The Morgan fingerprint density at radius 3 is 1.79 bits per heavy atom. The first-order valence-corrected chi connectivity index (χ1v) is 17.5. The second kappa shape index (κ2) is 11.7. The maximum atomic E-state index is 2.41. The molecule has 0 amide bonds. The molecule has 0 unspecified atom stereocenters. The molecule has 7 aromatic carbocycles. The molecule has 0 saturated carbocycles. The van der Waals surface area contributed by atoms with Gasteiger partial charge in [0.15, 0.2) is 0 Å². The van der Waals surface area contributed by atoms with Crippen LogP contribution in [0.25, 0.3) is 52.0 Å². The lowest BCUT2D eigenvalue weighted by atomic mass is 9.94. The second-order valence-corrected chi connectivity index (χ2v) is 13.9. The molecule has 3 heteroatoms. The number of benzene rings is 7. The first kappa shape index (κ1) is 27.8. The van der Waals surface area contributed by atoms with Gasteiger partial charge in [-0.25, -0.2) is 0 Å². The molecule has 1 nitrogen and oxygen atoms in total. The molecule has 0 radical (unpaired) electrons. The van der Waals surface area contributed by atoms with Crippen LogP contribution in [0.2, 0.25) is 0 Å². The molecule has 0 fully saturated rings.